The van der Waals surface area contributed by atoms with Crippen LogP contribution in [-0.2, 0) is 19.5 Å². The summed E-state index contributed by atoms with van der Waals surface area (Å²) in [6.45, 7) is 4.81. The van der Waals surface area contributed by atoms with E-state index in [1.54, 1.807) is 0 Å². The number of hydrogen-bond acceptors (Lipinski definition) is 3. The molecular formula is C23H22N4. The van der Waals surface area contributed by atoms with Crippen molar-refractivity contribution in [2.45, 2.75) is 26.4 Å². The molecule has 0 atom stereocenters. The van der Waals surface area contributed by atoms with Gasteiger partial charge in [0.25, 0.3) is 0 Å². The lowest BCUT2D eigenvalue weighted by Gasteiger charge is -2.28. The summed E-state index contributed by atoms with van der Waals surface area (Å²) in [7, 11) is 0. The molecule has 0 radical (unpaired) electrons. The molecular weight excluding hydrogens is 332 g/mol. The largest absolute Gasteiger partial charge is 0.354 e. The number of nitrogens with one attached hydrogen (secondary N) is 1. The number of aromatic nitrogens is 3. The monoisotopic (exact) mass is 354 g/mol. The maximum atomic E-state index is 4.62. The minimum absolute atomic E-state index is 0.866. The van der Waals surface area contributed by atoms with Crippen molar-refractivity contribution in [3.63, 3.8) is 0 Å². The van der Waals surface area contributed by atoms with Crippen molar-refractivity contribution < 1.29 is 0 Å². The van der Waals surface area contributed by atoms with Crippen LogP contribution in [0.1, 0.15) is 22.6 Å². The van der Waals surface area contributed by atoms with E-state index in [0.29, 0.717) is 0 Å². The molecule has 3 heterocycles. The van der Waals surface area contributed by atoms with E-state index in [1.165, 1.54) is 39.0 Å². The zero-order valence-corrected chi connectivity index (χ0v) is 15.4. The van der Waals surface area contributed by atoms with Crippen LogP contribution < -0.4 is 0 Å². The fraction of sp³-hybridized carbons (Fsp3) is 0.217. The predicted octanol–water partition coefficient (Wildman–Crippen LogP) is 4.49. The summed E-state index contributed by atoms with van der Waals surface area (Å²) in [5.74, 6) is 0.866. The Balaban J connectivity index is 1.52. The molecule has 0 bridgehead atoms. The van der Waals surface area contributed by atoms with E-state index in [1.807, 2.05) is 13.1 Å². The van der Waals surface area contributed by atoms with Gasteiger partial charge in [0.2, 0.25) is 0 Å². The van der Waals surface area contributed by atoms with Gasteiger partial charge >= 0.3 is 0 Å². The van der Waals surface area contributed by atoms with Crippen molar-refractivity contribution in [3.05, 3.63) is 83.4 Å². The molecule has 2 aromatic heterocycles. The van der Waals surface area contributed by atoms with E-state index in [4.69, 9.17) is 0 Å². The highest BCUT2D eigenvalue weighted by atomic mass is 15.1. The van der Waals surface area contributed by atoms with Gasteiger partial charge in [-0.1, -0.05) is 48.5 Å². The summed E-state index contributed by atoms with van der Waals surface area (Å²) in [5.41, 5.74) is 7.49. The van der Waals surface area contributed by atoms with Crippen LogP contribution in [-0.4, -0.2) is 26.4 Å². The third kappa shape index (κ3) is 3.02. The van der Waals surface area contributed by atoms with Gasteiger partial charge in [0.15, 0.2) is 0 Å². The number of rotatable bonds is 3. The highest BCUT2D eigenvalue weighted by molar-refractivity contribution is 5.90. The van der Waals surface area contributed by atoms with Gasteiger partial charge in [-0.25, -0.2) is 9.97 Å². The minimum Gasteiger partial charge on any atom is -0.354 e. The highest BCUT2D eigenvalue weighted by Crippen LogP contribution is 2.32. The molecule has 0 spiro atoms. The molecule has 0 aliphatic carbocycles. The third-order valence-electron chi connectivity index (χ3n) is 5.39. The lowest BCUT2D eigenvalue weighted by Crippen LogP contribution is -2.31. The molecule has 0 unspecified atom stereocenters. The van der Waals surface area contributed by atoms with Crippen LogP contribution in [0.4, 0.5) is 0 Å². The van der Waals surface area contributed by atoms with E-state index in [2.05, 4.69) is 74.4 Å². The normalized spacial score (nSPS) is 14.4. The average molecular weight is 354 g/mol. The van der Waals surface area contributed by atoms with Gasteiger partial charge in [0, 0.05) is 54.4 Å². The summed E-state index contributed by atoms with van der Waals surface area (Å²) in [6, 6.07) is 19.2. The third-order valence-corrected chi connectivity index (χ3v) is 5.39. The lowest BCUT2D eigenvalue weighted by atomic mass is 10.0. The Bertz CT molecular complexity index is 1100. The van der Waals surface area contributed by atoms with Crippen LogP contribution in [0.5, 0.6) is 0 Å². The van der Waals surface area contributed by atoms with Gasteiger partial charge in [0.05, 0.1) is 5.69 Å². The van der Waals surface area contributed by atoms with Gasteiger partial charge in [-0.2, -0.15) is 0 Å². The smallest absolute Gasteiger partial charge is 0.125 e. The van der Waals surface area contributed by atoms with Gasteiger partial charge in [0.1, 0.15) is 5.82 Å². The second-order valence-corrected chi connectivity index (χ2v) is 7.24. The Morgan fingerprint density at radius 2 is 1.85 bits per heavy atom. The molecule has 0 saturated heterocycles. The van der Waals surface area contributed by atoms with Crippen molar-refractivity contribution in [2.75, 3.05) is 6.54 Å². The zero-order chi connectivity index (χ0) is 18.2. The zero-order valence-electron chi connectivity index (χ0n) is 15.4. The van der Waals surface area contributed by atoms with Gasteiger partial charge in [-0.3, -0.25) is 4.90 Å². The van der Waals surface area contributed by atoms with E-state index < -0.39 is 0 Å². The first kappa shape index (κ1) is 16.2. The Hall–Kier alpha value is -2.98. The number of H-pyrrole nitrogens is 1. The van der Waals surface area contributed by atoms with Crippen molar-refractivity contribution >= 4 is 10.9 Å². The maximum Gasteiger partial charge on any atom is 0.125 e. The van der Waals surface area contributed by atoms with E-state index in [0.717, 1.165) is 31.9 Å². The number of aryl methyl sites for hydroxylation is 1. The van der Waals surface area contributed by atoms with Gasteiger partial charge < -0.3 is 4.98 Å². The van der Waals surface area contributed by atoms with E-state index >= 15 is 0 Å². The summed E-state index contributed by atoms with van der Waals surface area (Å²) in [5, 5.41) is 1.31. The fourth-order valence-corrected chi connectivity index (χ4v) is 4.05. The molecule has 4 aromatic rings. The van der Waals surface area contributed by atoms with Crippen LogP contribution in [0.3, 0.4) is 0 Å². The van der Waals surface area contributed by atoms with Crippen LogP contribution in [0.25, 0.3) is 22.2 Å². The average Bonchev–Trinajstić information content (AvgIpc) is 3.07. The Kier molecular flexibility index (Phi) is 3.98. The van der Waals surface area contributed by atoms with Crippen molar-refractivity contribution in [1.82, 2.24) is 19.9 Å². The number of fused-ring (bicyclic) bond motifs is 2. The molecule has 1 aliphatic rings. The van der Waals surface area contributed by atoms with Gasteiger partial charge in [-0.15, -0.1) is 0 Å². The molecule has 5 rings (SSSR count). The molecule has 134 valence electrons. The standard InChI is InChI=1S/C23H22N4/c1-16-24-13-18-14-27(12-11-21(18)25-16)15-20-19-9-5-6-10-22(19)26-23(20)17-7-3-2-4-8-17/h2-10,13,26H,11-12,14-15H2,1H3. The Morgan fingerprint density at radius 1 is 1.04 bits per heavy atom. The molecule has 4 nitrogen and oxygen atoms in total. The predicted molar refractivity (Wildman–Crippen MR) is 108 cm³/mol. The highest BCUT2D eigenvalue weighted by Gasteiger charge is 2.21. The molecule has 1 N–H and O–H groups in total. The van der Waals surface area contributed by atoms with Crippen LogP contribution in [0, 0.1) is 6.92 Å². The maximum absolute atomic E-state index is 4.62. The summed E-state index contributed by atoms with van der Waals surface area (Å²) < 4.78 is 0. The van der Waals surface area contributed by atoms with E-state index in [9.17, 15) is 0 Å². The van der Waals surface area contributed by atoms with Crippen LogP contribution in [0.15, 0.2) is 60.8 Å². The summed E-state index contributed by atoms with van der Waals surface area (Å²) in [4.78, 5) is 15.2. The van der Waals surface area contributed by atoms with Crippen LogP contribution in [0.2, 0.25) is 0 Å². The molecule has 0 saturated carbocycles. The van der Waals surface area contributed by atoms with Crippen molar-refractivity contribution in [3.8, 4) is 11.3 Å². The minimum atomic E-state index is 0.866. The second kappa shape index (κ2) is 6.63. The Morgan fingerprint density at radius 3 is 2.74 bits per heavy atom. The topological polar surface area (TPSA) is 44.8 Å². The quantitative estimate of drug-likeness (QED) is 0.589. The molecule has 0 fully saturated rings. The van der Waals surface area contributed by atoms with Gasteiger partial charge in [-0.05, 0) is 24.1 Å². The van der Waals surface area contributed by atoms with Crippen molar-refractivity contribution in [1.29, 1.82) is 0 Å². The lowest BCUT2D eigenvalue weighted by molar-refractivity contribution is 0.244. The number of para-hydroxylation sites is 1. The summed E-state index contributed by atoms with van der Waals surface area (Å²) in [6.07, 6.45) is 2.98. The molecule has 2 aromatic carbocycles. The van der Waals surface area contributed by atoms with E-state index in [-0.39, 0.29) is 0 Å². The fourth-order valence-electron chi connectivity index (χ4n) is 4.05. The first-order valence-corrected chi connectivity index (χ1v) is 9.47. The number of aromatic amines is 1. The Labute approximate surface area is 158 Å². The van der Waals surface area contributed by atoms with Crippen LogP contribution >= 0.6 is 0 Å². The second-order valence-electron chi connectivity index (χ2n) is 7.24. The number of hydrogen-bond donors (Lipinski definition) is 1. The first-order chi connectivity index (χ1) is 13.3. The molecule has 0 amide bonds. The molecule has 27 heavy (non-hydrogen) atoms. The summed E-state index contributed by atoms with van der Waals surface area (Å²) >= 11 is 0. The molecule has 4 heteroatoms. The van der Waals surface area contributed by atoms with Crippen molar-refractivity contribution in [2.24, 2.45) is 0 Å². The first-order valence-electron chi connectivity index (χ1n) is 9.47. The number of benzene rings is 2. The molecule has 1 aliphatic heterocycles. The number of nitrogens with zero attached hydrogens (tertiary/aromatic N) is 3. The SMILES string of the molecule is Cc1ncc2c(n1)CCN(Cc1c(-c3ccccc3)[nH]c3ccccc13)C2.